The number of imidazole rings is 1. The molecule has 30 heavy (non-hydrogen) atoms. The number of hydrogen-bond acceptors (Lipinski definition) is 7. The van der Waals surface area contributed by atoms with Crippen molar-refractivity contribution in [3.05, 3.63) is 40.1 Å². The maximum atomic E-state index is 12.8. The van der Waals surface area contributed by atoms with Gasteiger partial charge < -0.3 is 15.5 Å². The van der Waals surface area contributed by atoms with E-state index in [9.17, 15) is 13.2 Å². The molecule has 162 valence electrons. The van der Waals surface area contributed by atoms with E-state index in [2.05, 4.69) is 19.8 Å². The quantitative estimate of drug-likeness (QED) is 0.453. The van der Waals surface area contributed by atoms with Crippen LogP contribution in [0.15, 0.2) is 27.9 Å². The Morgan fingerprint density at radius 2 is 2.10 bits per heavy atom. The Labute approximate surface area is 174 Å². The lowest BCUT2D eigenvalue weighted by Gasteiger charge is -2.13. The molecule has 0 unspecified atom stereocenters. The van der Waals surface area contributed by atoms with E-state index in [-0.39, 0.29) is 29.4 Å². The second-order valence-corrected chi connectivity index (χ2v) is 8.47. The second-order valence-electron chi connectivity index (χ2n) is 6.70. The number of aryl methyl sites for hydroxylation is 2. The minimum Gasteiger partial charge on any atom is -0.493 e. The van der Waals surface area contributed by atoms with Crippen LogP contribution in [0.1, 0.15) is 31.8 Å². The Hall–Kier alpha value is -2.76. The highest BCUT2D eigenvalue weighted by atomic mass is 32.2. The summed E-state index contributed by atoms with van der Waals surface area (Å²) in [6.45, 7) is 6.24. The third kappa shape index (κ3) is 4.23. The number of ether oxygens (including phenoxy) is 1. The van der Waals surface area contributed by atoms with Crippen molar-refractivity contribution in [2.24, 2.45) is 5.73 Å². The lowest BCUT2D eigenvalue weighted by atomic mass is 10.3. The van der Waals surface area contributed by atoms with Gasteiger partial charge in [0.05, 0.1) is 22.8 Å². The van der Waals surface area contributed by atoms with E-state index >= 15 is 0 Å². The highest BCUT2D eigenvalue weighted by molar-refractivity contribution is 7.89. The monoisotopic (exact) mass is 436 g/mol. The number of hydrogen-bond donors (Lipinski definition) is 3. The molecule has 0 fully saturated rings. The summed E-state index contributed by atoms with van der Waals surface area (Å²) >= 11 is 0. The molecule has 0 amide bonds. The Morgan fingerprint density at radius 1 is 1.33 bits per heavy atom. The molecule has 0 spiro atoms. The molecule has 3 rings (SSSR count). The smallest absolute Gasteiger partial charge is 0.277 e. The molecule has 0 aliphatic carbocycles. The minimum absolute atomic E-state index is 0.0211. The van der Waals surface area contributed by atoms with E-state index in [1.165, 1.54) is 16.6 Å². The zero-order chi connectivity index (χ0) is 21.9. The first kappa shape index (κ1) is 21.9. The van der Waals surface area contributed by atoms with Crippen LogP contribution in [-0.4, -0.2) is 47.7 Å². The summed E-state index contributed by atoms with van der Waals surface area (Å²) in [5, 5.41) is 4.56. The van der Waals surface area contributed by atoms with E-state index in [0.29, 0.717) is 41.4 Å². The van der Waals surface area contributed by atoms with Gasteiger partial charge in [0.1, 0.15) is 11.6 Å². The molecule has 0 saturated carbocycles. The van der Waals surface area contributed by atoms with Crippen LogP contribution in [0.2, 0.25) is 0 Å². The van der Waals surface area contributed by atoms with Crippen molar-refractivity contribution < 1.29 is 13.2 Å². The van der Waals surface area contributed by atoms with Crippen LogP contribution in [0.5, 0.6) is 5.75 Å². The molecular weight excluding hydrogens is 410 g/mol. The number of rotatable bonds is 9. The van der Waals surface area contributed by atoms with Crippen molar-refractivity contribution >= 4 is 15.5 Å². The van der Waals surface area contributed by atoms with Gasteiger partial charge in [0.25, 0.3) is 5.56 Å². The summed E-state index contributed by atoms with van der Waals surface area (Å²) in [6, 6.07) is 4.41. The molecule has 1 aromatic carbocycles. The maximum Gasteiger partial charge on any atom is 0.277 e. The fraction of sp³-hybridized carbons (Fsp3) is 0.421. The first-order valence-electron chi connectivity index (χ1n) is 9.77. The van der Waals surface area contributed by atoms with Crippen molar-refractivity contribution in [2.75, 3.05) is 19.7 Å². The van der Waals surface area contributed by atoms with E-state index in [1.54, 1.807) is 13.0 Å². The van der Waals surface area contributed by atoms with Gasteiger partial charge in [-0.05, 0) is 38.5 Å². The number of aromatic amines is 1. The Kier molecular flexibility index (Phi) is 6.54. The standard InChI is InChI=1S/C19H26N6O4S/c1-4-6-16-22-12(3)17-19(26)23-18(24-25(16)17)14-11-13(7-8-15(14)29-5-2)30(27,28)21-10-9-20/h7-8,11,21H,4-6,9-10,20H2,1-3H3,(H,23,24,26)/i18+2. The molecule has 2 heterocycles. The minimum atomic E-state index is -3.77. The number of H-pyrrole nitrogens is 1. The Balaban J connectivity index is 2.22. The van der Waals surface area contributed by atoms with E-state index < -0.39 is 10.0 Å². The van der Waals surface area contributed by atoms with Crippen LogP contribution in [0.4, 0.5) is 0 Å². The van der Waals surface area contributed by atoms with Crippen LogP contribution in [0.3, 0.4) is 0 Å². The molecule has 0 radical (unpaired) electrons. The summed E-state index contributed by atoms with van der Waals surface area (Å²) in [4.78, 5) is 20.0. The van der Waals surface area contributed by atoms with Crippen LogP contribution in [0.25, 0.3) is 16.9 Å². The molecule has 11 heteroatoms. The van der Waals surface area contributed by atoms with Gasteiger partial charge in [-0.3, -0.25) is 4.79 Å². The largest absolute Gasteiger partial charge is 0.493 e. The van der Waals surface area contributed by atoms with Crippen molar-refractivity contribution in [1.82, 2.24) is 24.3 Å². The molecule has 10 nitrogen and oxygen atoms in total. The fourth-order valence-corrected chi connectivity index (χ4v) is 4.24. The fourth-order valence-electron chi connectivity index (χ4n) is 3.16. The number of nitrogens with one attached hydrogen (secondary N) is 2. The number of nitrogens with two attached hydrogens (primary N) is 1. The molecule has 0 saturated heterocycles. The van der Waals surface area contributed by atoms with E-state index in [0.717, 1.165) is 6.42 Å². The predicted octanol–water partition coefficient (Wildman–Crippen LogP) is 0.981. The number of sulfonamides is 1. The van der Waals surface area contributed by atoms with Gasteiger partial charge >= 0.3 is 0 Å². The van der Waals surface area contributed by atoms with Gasteiger partial charge in [-0.25, -0.2) is 22.6 Å². The zero-order valence-electron chi connectivity index (χ0n) is 17.2. The Bertz CT molecular complexity index is 1220. The van der Waals surface area contributed by atoms with E-state index in [4.69, 9.17) is 10.5 Å². The number of fused-ring (bicyclic) bond motifs is 1. The van der Waals surface area contributed by atoms with Gasteiger partial charge in [-0.2, -0.15) is 0 Å². The molecule has 0 bridgehead atoms. The van der Waals surface area contributed by atoms with Crippen molar-refractivity contribution in [3.63, 3.8) is 0 Å². The number of nitrogens with zero attached hydrogens (tertiary/aromatic N) is 3. The average molecular weight is 437 g/mol. The number of aromatic nitrogens is 4. The summed E-state index contributed by atoms with van der Waals surface area (Å²) < 4.78 is 34.7. The molecule has 2 aromatic heterocycles. The molecule has 4 N–H and O–H groups in total. The molecule has 0 aliphatic heterocycles. The third-order valence-corrected chi connectivity index (χ3v) is 5.93. The van der Waals surface area contributed by atoms with Crippen LogP contribution in [0, 0.1) is 6.92 Å². The topological polar surface area (TPSA) is 144 Å². The molecule has 3 aromatic rings. The maximum absolute atomic E-state index is 12.8. The highest BCUT2D eigenvalue weighted by Crippen LogP contribution is 2.30. The van der Waals surface area contributed by atoms with Crippen molar-refractivity contribution in [3.8, 4) is 17.1 Å². The molecular formula is C19H26N6O4S. The van der Waals surface area contributed by atoms with Crippen LogP contribution >= 0.6 is 0 Å². The summed E-state index contributed by atoms with van der Waals surface area (Å²) in [5.41, 5.74) is 6.37. The van der Waals surface area contributed by atoms with Gasteiger partial charge in [0.2, 0.25) is 10.0 Å². The van der Waals surface area contributed by atoms with Crippen molar-refractivity contribution in [1.29, 1.82) is 0 Å². The SMILES string of the molecule is CCCc1nc(C)c2c(=O)[nH][14c](-c3cc(S(=O)(=O)NCCN)ccc3OCC)nn12. The van der Waals surface area contributed by atoms with Gasteiger partial charge in [0, 0.05) is 19.5 Å². The average Bonchev–Trinajstić information content (AvgIpc) is 3.03. The van der Waals surface area contributed by atoms with Crippen molar-refractivity contribution in [2.45, 2.75) is 38.5 Å². The summed E-state index contributed by atoms with van der Waals surface area (Å²) in [7, 11) is -3.77. The number of benzene rings is 1. The summed E-state index contributed by atoms with van der Waals surface area (Å²) in [6.07, 6.45) is 1.49. The van der Waals surface area contributed by atoms with E-state index in [1.807, 2.05) is 13.8 Å². The first-order valence-corrected chi connectivity index (χ1v) is 11.3. The van der Waals surface area contributed by atoms with Gasteiger partial charge in [0.15, 0.2) is 11.3 Å². The first-order chi connectivity index (χ1) is 14.3. The van der Waals surface area contributed by atoms with Crippen LogP contribution in [-0.2, 0) is 16.4 Å². The second kappa shape index (κ2) is 8.94. The zero-order valence-corrected chi connectivity index (χ0v) is 18.0. The van der Waals surface area contributed by atoms with Gasteiger partial charge in [-0.15, -0.1) is 5.10 Å². The molecule has 0 aliphatic rings. The van der Waals surface area contributed by atoms with Crippen LogP contribution < -0.4 is 20.8 Å². The lowest BCUT2D eigenvalue weighted by molar-refractivity contribution is 0.341. The lowest BCUT2D eigenvalue weighted by Crippen LogP contribution is -2.29. The normalized spacial score (nSPS) is 11.9. The van der Waals surface area contributed by atoms with Gasteiger partial charge in [-0.1, -0.05) is 6.92 Å². The Morgan fingerprint density at radius 3 is 2.77 bits per heavy atom. The third-order valence-electron chi connectivity index (χ3n) is 4.47. The predicted molar refractivity (Wildman–Crippen MR) is 113 cm³/mol. The highest BCUT2D eigenvalue weighted by Gasteiger charge is 2.20. The summed E-state index contributed by atoms with van der Waals surface area (Å²) in [5.74, 6) is 1.27. The molecule has 0 atom stereocenters.